The van der Waals surface area contributed by atoms with Gasteiger partial charge in [-0.05, 0) is 36.8 Å². The summed E-state index contributed by atoms with van der Waals surface area (Å²) in [6.07, 6.45) is 11.1. The Morgan fingerprint density at radius 1 is 1.31 bits per heavy atom. The average molecular weight is 371 g/mol. The third-order valence-electron chi connectivity index (χ3n) is 4.42. The van der Waals surface area contributed by atoms with Gasteiger partial charge in [0.25, 0.3) is 0 Å². The molecular formula is C21H23ClN2O2. The molecule has 3 rings (SSSR count). The number of nitrogens with zero attached hydrogens (tertiary/aromatic N) is 2. The summed E-state index contributed by atoms with van der Waals surface area (Å²) in [5.41, 5.74) is 2.42. The first-order chi connectivity index (χ1) is 12.4. The van der Waals surface area contributed by atoms with Crippen molar-refractivity contribution in [1.29, 1.82) is 0 Å². The van der Waals surface area contributed by atoms with Gasteiger partial charge in [0.05, 0.1) is 18.3 Å². The Morgan fingerprint density at radius 2 is 2.04 bits per heavy atom. The number of hydrogen-bond acceptors (Lipinski definition) is 4. The quantitative estimate of drug-likeness (QED) is 0.706. The van der Waals surface area contributed by atoms with Crippen molar-refractivity contribution in [3.8, 4) is 0 Å². The van der Waals surface area contributed by atoms with Crippen LogP contribution < -0.4 is 5.01 Å². The maximum absolute atomic E-state index is 12.2. The van der Waals surface area contributed by atoms with Crippen molar-refractivity contribution in [1.82, 2.24) is 0 Å². The van der Waals surface area contributed by atoms with Crippen LogP contribution in [-0.4, -0.2) is 24.3 Å². The van der Waals surface area contributed by atoms with Crippen molar-refractivity contribution in [3.63, 3.8) is 0 Å². The second kappa shape index (κ2) is 7.50. The molecule has 1 aromatic rings. The number of anilines is 1. The molecule has 4 nitrogen and oxygen atoms in total. The Bertz CT molecular complexity index is 804. The summed E-state index contributed by atoms with van der Waals surface area (Å²) in [4.78, 5) is 12.2. The number of halogens is 1. The highest BCUT2D eigenvalue weighted by molar-refractivity contribution is 6.37. The van der Waals surface area contributed by atoms with E-state index in [2.05, 4.69) is 49.3 Å². The van der Waals surface area contributed by atoms with Crippen LogP contribution in [0.5, 0.6) is 0 Å². The normalized spacial score (nSPS) is 21.2. The van der Waals surface area contributed by atoms with Crippen LogP contribution in [0.15, 0.2) is 65.3 Å². The Balaban J connectivity index is 1.95. The molecule has 0 fully saturated rings. The Hall–Kier alpha value is -2.33. The predicted molar refractivity (Wildman–Crippen MR) is 107 cm³/mol. The van der Waals surface area contributed by atoms with Crippen molar-refractivity contribution in [3.05, 3.63) is 65.2 Å². The van der Waals surface area contributed by atoms with Crippen molar-refractivity contribution in [2.24, 2.45) is 10.5 Å². The van der Waals surface area contributed by atoms with Crippen molar-refractivity contribution in [2.45, 2.75) is 33.2 Å². The highest BCUT2D eigenvalue weighted by Crippen LogP contribution is 2.32. The zero-order valence-corrected chi connectivity index (χ0v) is 16.0. The van der Waals surface area contributed by atoms with Crippen LogP contribution in [0.2, 0.25) is 5.02 Å². The molecule has 0 saturated heterocycles. The van der Waals surface area contributed by atoms with Gasteiger partial charge in [0, 0.05) is 16.9 Å². The van der Waals surface area contributed by atoms with Gasteiger partial charge in [0.15, 0.2) is 0 Å². The molecule has 5 heteroatoms. The van der Waals surface area contributed by atoms with Gasteiger partial charge in [0.1, 0.15) is 5.71 Å². The lowest BCUT2D eigenvalue weighted by molar-refractivity contribution is -0.135. The zero-order chi connectivity index (χ0) is 18.7. The minimum Gasteiger partial charge on any atom is -0.461 e. The Morgan fingerprint density at radius 3 is 2.73 bits per heavy atom. The first-order valence-corrected chi connectivity index (χ1v) is 9.15. The third kappa shape index (κ3) is 4.07. The molecule has 1 unspecified atom stereocenters. The summed E-state index contributed by atoms with van der Waals surface area (Å²) < 4.78 is 5.15. The fraction of sp³-hybridized carbons (Fsp3) is 0.333. The molecule has 1 atom stereocenters. The Kier molecular flexibility index (Phi) is 5.33. The largest absolute Gasteiger partial charge is 0.461 e. The van der Waals surface area contributed by atoms with E-state index in [-0.39, 0.29) is 17.4 Å². The minimum absolute atomic E-state index is 0.00716. The molecule has 0 amide bonds. The maximum Gasteiger partial charge on any atom is 0.354 e. The topological polar surface area (TPSA) is 41.9 Å². The molecule has 1 aliphatic heterocycles. The smallest absolute Gasteiger partial charge is 0.354 e. The van der Waals surface area contributed by atoms with Gasteiger partial charge in [-0.1, -0.05) is 55.8 Å². The monoisotopic (exact) mass is 370 g/mol. The van der Waals surface area contributed by atoms with Crippen molar-refractivity contribution in [2.75, 3.05) is 11.6 Å². The minimum atomic E-state index is -0.358. The standard InChI is InChI=1S/C21H23ClN2O2/c1-4-26-20(25)18-14-19(15-6-5-12-21(2,3)13-11-15)24(23-18)17-9-7-16(22)8-10-17/h5-13,19H,4,14H2,1-3H3. The molecule has 136 valence electrons. The predicted octanol–water partition coefficient (Wildman–Crippen LogP) is 4.92. The number of esters is 1. The van der Waals surface area contributed by atoms with E-state index in [9.17, 15) is 4.79 Å². The number of ether oxygens (including phenoxy) is 1. The molecule has 0 saturated carbocycles. The second-order valence-electron chi connectivity index (χ2n) is 6.99. The van der Waals surface area contributed by atoms with E-state index in [1.807, 2.05) is 29.3 Å². The van der Waals surface area contributed by atoms with E-state index >= 15 is 0 Å². The highest BCUT2D eigenvalue weighted by atomic mass is 35.5. The van der Waals surface area contributed by atoms with Gasteiger partial charge in [-0.3, -0.25) is 5.01 Å². The van der Waals surface area contributed by atoms with Crippen LogP contribution in [0.1, 0.15) is 27.2 Å². The van der Waals surface area contributed by atoms with Gasteiger partial charge in [-0.2, -0.15) is 5.10 Å². The van der Waals surface area contributed by atoms with E-state index in [0.717, 1.165) is 11.3 Å². The number of rotatable bonds is 4. The van der Waals surface area contributed by atoms with E-state index in [1.54, 1.807) is 6.92 Å². The zero-order valence-electron chi connectivity index (χ0n) is 15.3. The Labute approximate surface area is 159 Å². The fourth-order valence-corrected chi connectivity index (χ4v) is 3.12. The van der Waals surface area contributed by atoms with Crippen LogP contribution in [0.3, 0.4) is 0 Å². The van der Waals surface area contributed by atoms with Crippen LogP contribution in [0, 0.1) is 5.41 Å². The average Bonchev–Trinajstić information content (AvgIpc) is 2.96. The molecule has 1 aromatic carbocycles. The molecule has 0 N–H and O–H groups in total. The SMILES string of the molecule is CCOC(=O)C1=NN(c2ccc(Cl)cc2)C(C2=CC=CC(C)(C)C=C2)C1. The van der Waals surface area contributed by atoms with E-state index in [1.165, 1.54) is 0 Å². The van der Waals surface area contributed by atoms with Gasteiger partial charge < -0.3 is 4.74 Å². The number of carbonyl (C=O) groups is 1. The number of hydrogen-bond donors (Lipinski definition) is 0. The number of allylic oxidation sites excluding steroid dienone is 4. The summed E-state index contributed by atoms with van der Waals surface area (Å²) >= 11 is 6.02. The number of carbonyl (C=O) groups excluding carboxylic acids is 1. The van der Waals surface area contributed by atoms with Gasteiger partial charge >= 0.3 is 5.97 Å². The lowest BCUT2D eigenvalue weighted by atomic mass is 9.92. The molecule has 1 aliphatic carbocycles. The lowest BCUT2D eigenvalue weighted by Gasteiger charge is -2.24. The molecule has 0 radical (unpaired) electrons. The molecule has 0 bridgehead atoms. The molecule has 1 heterocycles. The summed E-state index contributed by atoms with van der Waals surface area (Å²) in [6, 6.07) is 7.41. The van der Waals surface area contributed by atoms with Gasteiger partial charge in [-0.25, -0.2) is 4.79 Å². The number of benzene rings is 1. The first kappa shape index (κ1) is 18.5. The van der Waals surface area contributed by atoms with E-state index in [4.69, 9.17) is 16.3 Å². The summed E-state index contributed by atoms with van der Waals surface area (Å²) in [6.45, 7) is 6.44. The van der Waals surface area contributed by atoms with Gasteiger partial charge in [-0.15, -0.1) is 0 Å². The lowest BCUT2D eigenvalue weighted by Crippen LogP contribution is -2.28. The maximum atomic E-state index is 12.2. The number of hydrazone groups is 1. The van der Waals surface area contributed by atoms with Crippen molar-refractivity contribution >= 4 is 29.0 Å². The first-order valence-electron chi connectivity index (χ1n) is 8.77. The van der Waals surface area contributed by atoms with Crippen LogP contribution in [0.4, 0.5) is 5.69 Å². The fourth-order valence-electron chi connectivity index (χ4n) is 2.99. The van der Waals surface area contributed by atoms with E-state index < -0.39 is 0 Å². The van der Waals surface area contributed by atoms with Crippen LogP contribution in [0.25, 0.3) is 0 Å². The summed E-state index contributed by atoms with van der Waals surface area (Å²) in [7, 11) is 0. The molecule has 2 aliphatic rings. The summed E-state index contributed by atoms with van der Waals surface area (Å²) in [5.74, 6) is -0.358. The summed E-state index contributed by atoms with van der Waals surface area (Å²) in [5, 5.41) is 7.11. The molecule has 0 spiro atoms. The molecular weight excluding hydrogens is 348 g/mol. The molecule has 0 aromatic heterocycles. The highest BCUT2D eigenvalue weighted by Gasteiger charge is 2.34. The third-order valence-corrected chi connectivity index (χ3v) is 4.67. The van der Waals surface area contributed by atoms with Crippen LogP contribution in [-0.2, 0) is 9.53 Å². The second-order valence-corrected chi connectivity index (χ2v) is 7.42. The van der Waals surface area contributed by atoms with Gasteiger partial charge in [0.2, 0.25) is 0 Å². The van der Waals surface area contributed by atoms with Crippen LogP contribution >= 0.6 is 11.6 Å². The molecule has 26 heavy (non-hydrogen) atoms. The van der Waals surface area contributed by atoms with Crippen molar-refractivity contribution < 1.29 is 9.53 Å². The van der Waals surface area contributed by atoms with E-state index in [0.29, 0.717) is 23.8 Å².